The van der Waals surface area contributed by atoms with Crippen molar-refractivity contribution in [1.29, 1.82) is 0 Å². The highest BCUT2D eigenvalue weighted by atomic mass is 35.5. The third kappa shape index (κ3) is 4.38. The first-order valence-electron chi connectivity index (χ1n) is 9.51. The maximum absolute atomic E-state index is 12.5. The largest absolute Gasteiger partial charge is 0.449 e. The molecule has 4 atom stereocenters. The first-order valence-corrected chi connectivity index (χ1v) is 9.89. The third-order valence-corrected chi connectivity index (χ3v) is 5.81. The van der Waals surface area contributed by atoms with E-state index in [4.69, 9.17) is 20.8 Å². The van der Waals surface area contributed by atoms with Gasteiger partial charge in [0.15, 0.2) is 11.5 Å². The van der Waals surface area contributed by atoms with Crippen molar-refractivity contribution in [2.75, 3.05) is 0 Å². The number of carbonyl (C=O) groups is 2. The maximum atomic E-state index is 12.5. The topological polar surface area (TPSA) is 85.6 Å². The molecule has 150 valence electrons. The van der Waals surface area contributed by atoms with E-state index in [1.807, 2.05) is 0 Å². The van der Waals surface area contributed by atoms with Crippen LogP contribution in [0.3, 0.4) is 0 Å². The van der Waals surface area contributed by atoms with E-state index in [1.165, 1.54) is 19.1 Å². The van der Waals surface area contributed by atoms with E-state index >= 15 is 0 Å². The van der Waals surface area contributed by atoms with E-state index < -0.39 is 17.5 Å². The van der Waals surface area contributed by atoms with Crippen molar-refractivity contribution in [2.45, 2.75) is 52.2 Å². The van der Waals surface area contributed by atoms with E-state index in [2.05, 4.69) is 19.2 Å². The second-order valence-corrected chi connectivity index (χ2v) is 7.98. The number of rotatable bonds is 4. The molecule has 1 aliphatic rings. The Kier molecular flexibility index (Phi) is 6.08. The first kappa shape index (κ1) is 20.4. The Morgan fingerprint density at radius 1 is 1.25 bits per heavy atom. The van der Waals surface area contributed by atoms with Gasteiger partial charge in [0.05, 0.1) is 5.39 Å². The average Bonchev–Trinajstić information content (AvgIpc) is 2.65. The molecule has 1 heterocycles. The summed E-state index contributed by atoms with van der Waals surface area (Å²) < 4.78 is 10.7. The van der Waals surface area contributed by atoms with Crippen molar-refractivity contribution in [1.82, 2.24) is 5.32 Å². The van der Waals surface area contributed by atoms with Crippen molar-refractivity contribution < 1.29 is 18.7 Å². The minimum Gasteiger partial charge on any atom is -0.449 e. The molecule has 1 aliphatic carbocycles. The molecule has 7 heteroatoms. The number of halogens is 1. The van der Waals surface area contributed by atoms with Gasteiger partial charge in [-0.3, -0.25) is 9.59 Å². The van der Waals surface area contributed by atoms with E-state index in [0.29, 0.717) is 16.9 Å². The molecular formula is C21H24ClNO5. The number of esters is 1. The predicted octanol–water partition coefficient (Wildman–Crippen LogP) is 3.93. The van der Waals surface area contributed by atoms with Crippen LogP contribution in [0.15, 0.2) is 33.5 Å². The lowest BCUT2D eigenvalue weighted by Gasteiger charge is -2.35. The second-order valence-electron chi connectivity index (χ2n) is 7.55. The smallest absolute Gasteiger partial charge is 0.375 e. The molecule has 6 nitrogen and oxygen atoms in total. The Morgan fingerprint density at radius 3 is 2.75 bits per heavy atom. The van der Waals surface area contributed by atoms with E-state index in [1.54, 1.807) is 6.07 Å². The number of fused-ring (bicyclic) bond motifs is 1. The molecule has 1 amide bonds. The normalized spacial score (nSPS) is 23.2. The van der Waals surface area contributed by atoms with Gasteiger partial charge >= 0.3 is 5.97 Å². The molecule has 1 N–H and O–H groups in total. The maximum Gasteiger partial charge on any atom is 0.375 e. The Bertz CT molecular complexity index is 953. The standard InChI is InChI=1S/C21H24ClNO5/c1-11-5-4-6-16(12(11)2)23-20(25)13(3)27-21(26)19-10-17(24)15-9-14(22)7-8-18(15)28-19/h7-13,16H,4-6H2,1-3H3,(H,23,25)/t11-,12-,13-,16-/m1/s1. The van der Waals surface area contributed by atoms with Crippen LogP contribution in [0.5, 0.6) is 0 Å². The number of carbonyl (C=O) groups excluding carboxylic acids is 2. The minimum absolute atomic E-state index is 0.0701. The summed E-state index contributed by atoms with van der Waals surface area (Å²) in [6.45, 7) is 5.81. The van der Waals surface area contributed by atoms with E-state index in [-0.39, 0.29) is 28.7 Å². The summed E-state index contributed by atoms with van der Waals surface area (Å²) in [6.07, 6.45) is 2.14. The molecule has 0 unspecified atom stereocenters. The van der Waals surface area contributed by atoms with Gasteiger partial charge in [-0.2, -0.15) is 0 Å². The van der Waals surface area contributed by atoms with Gasteiger partial charge in [-0.05, 0) is 43.4 Å². The molecule has 2 aromatic rings. The summed E-state index contributed by atoms with van der Waals surface area (Å²) in [4.78, 5) is 37.0. The minimum atomic E-state index is -0.997. The van der Waals surface area contributed by atoms with Gasteiger partial charge in [0, 0.05) is 17.1 Å². The zero-order valence-electron chi connectivity index (χ0n) is 16.2. The van der Waals surface area contributed by atoms with Gasteiger partial charge in [0.25, 0.3) is 5.91 Å². The lowest BCUT2D eigenvalue weighted by molar-refractivity contribution is -0.130. The fraction of sp³-hybridized carbons (Fsp3) is 0.476. The van der Waals surface area contributed by atoms with Crippen LogP contribution in [-0.4, -0.2) is 24.0 Å². The first-order chi connectivity index (χ1) is 13.3. The van der Waals surface area contributed by atoms with E-state index in [9.17, 15) is 14.4 Å². The summed E-state index contributed by atoms with van der Waals surface area (Å²) in [5.74, 6) is -0.557. The molecule has 0 saturated heterocycles. The zero-order valence-corrected chi connectivity index (χ0v) is 16.9. The number of benzene rings is 1. The van der Waals surface area contributed by atoms with Crippen LogP contribution in [0.4, 0.5) is 0 Å². The Morgan fingerprint density at radius 2 is 2.00 bits per heavy atom. The molecule has 0 bridgehead atoms. The summed E-state index contributed by atoms with van der Waals surface area (Å²) in [5, 5.41) is 3.65. The number of hydrogen-bond donors (Lipinski definition) is 1. The summed E-state index contributed by atoms with van der Waals surface area (Å²) in [7, 11) is 0. The van der Waals surface area contributed by atoms with Crippen molar-refractivity contribution in [3.63, 3.8) is 0 Å². The van der Waals surface area contributed by atoms with Gasteiger partial charge in [0.2, 0.25) is 5.76 Å². The molecule has 0 aliphatic heterocycles. The fourth-order valence-corrected chi connectivity index (χ4v) is 3.76. The molecule has 1 aromatic carbocycles. The van der Waals surface area contributed by atoms with Gasteiger partial charge in [-0.1, -0.05) is 38.3 Å². The molecule has 0 radical (unpaired) electrons. The van der Waals surface area contributed by atoms with Crippen molar-refractivity contribution in [2.24, 2.45) is 11.8 Å². The van der Waals surface area contributed by atoms with Crippen molar-refractivity contribution in [3.05, 3.63) is 45.3 Å². The average molecular weight is 406 g/mol. The molecule has 3 rings (SSSR count). The van der Waals surface area contributed by atoms with Gasteiger partial charge < -0.3 is 14.5 Å². The number of amides is 1. The molecule has 0 spiro atoms. The quantitative estimate of drug-likeness (QED) is 0.779. The molecule has 1 saturated carbocycles. The third-order valence-electron chi connectivity index (χ3n) is 5.58. The molecular weight excluding hydrogens is 382 g/mol. The van der Waals surface area contributed by atoms with Gasteiger partial charge in [0.1, 0.15) is 5.58 Å². The zero-order chi connectivity index (χ0) is 20.4. The summed E-state index contributed by atoms with van der Waals surface area (Å²) >= 11 is 5.88. The number of nitrogens with one attached hydrogen (secondary N) is 1. The van der Waals surface area contributed by atoms with Crippen LogP contribution in [0.2, 0.25) is 5.02 Å². The lowest BCUT2D eigenvalue weighted by atomic mass is 9.78. The van der Waals surface area contributed by atoms with Gasteiger partial charge in [-0.15, -0.1) is 0 Å². The van der Waals surface area contributed by atoms with Crippen LogP contribution in [0.1, 0.15) is 50.6 Å². The Hall–Kier alpha value is -2.34. The van der Waals surface area contributed by atoms with Crippen LogP contribution in [0, 0.1) is 11.8 Å². The molecule has 1 aromatic heterocycles. The Balaban J connectivity index is 1.68. The van der Waals surface area contributed by atoms with Crippen molar-refractivity contribution in [3.8, 4) is 0 Å². The van der Waals surface area contributed by atoms with Crippen LogP contribution >= 0.6 is 11.6 Å². The highest BCUT2D eigenvalue weighted by molar-refractivity contribution is 6.31. The SMILES string of the molecule is C[C@@H]1[C@H](C)CCC[C@H]1NC(=O)[C@@H](C)OC(=O)c1cc(=O)c2cc(Cl)ccc2o1. The fourth-order valence-electron chi connectivity index (χ4n) is 3.59. The van der Waals surface area contributed by atoms with Crippen LogP contribution in [0.25, 0.3) is 11.0 Å². The van der Waals surface area contributed by atoms with Crippen LogP contribution in [-0.2, 0) is 9.53 Å². The summed E-state index contributed by atoms with van der Waals surface area (Å²) in [5.41, 5.74) is -0.177. The monoisotopic (exact) mass is 405 g/mol. The second kappa shape index (κ2) is 8.35. The van der Waals surface area contributed by atoms with Crippen molar-refractivity contribution >= 4 is 34.4 Å². The highest BCUT2D eigenvalue weighted by Crippen LogP contribution is 2.29. The number of hydrogen-bond acceptors (Lipinski definition) is 5. The van der Waals surface area contributed by atoms with E-state index in [0.717, 1.165) is 25.3 Å². The Labute approximate surface area is 168 Å². The molecule has 1 fully saturated rings. The highest BCUT2D eigenvalue weighted by Gasteiger charge is 2.30. The lowest BCUT2D eigenvalue weighted by Crippen LogP contribution is -2.47. The van der Waals surface area contributed by atoms with Gasteiger partial charge in [-0.25, -0.2) is 4.79 Å². The van der Waals surface area contributed by atoms with Crippen LogP contribution < -0.4 is 10.7 Å². The number of ether oxygens (including phenoxy) is 1. The predicted molar refractivity (Wildman–Crippen MR) is 106 cm³/mol. The summed E-state index contributed by atoms with van der Waals surface area (Å²) in [6, 6.07) is 5.67. The molecule has 28 heavy (non-hydrogen) atoms.